The van der Waals surface area contributed by atoms with Crippen molar-refractivity contribution in [2.45, 2.75) is 6.92 Å². The molecule has 0 saturated carbocycles. The predicted octanol–water partition coefficient (Wildman–Crippen LogP) is 4.02. The second-order valence-corrected chi connectivity index (χ2v) is 6.13. The van der Waals surface area contributed by atoms with E-state index in [4.69, 9.17) is 4.74 Å². The zero-order chi connectivity index (χ0) is 19.3. The van der Waals surface area contributed by atoms with Gasteiger partial charge in [0.2, 0.25) is 5.88 Å². The number of benzene rings is 2. The molecule has 2 aromatic carbocycles. The number of aryl methyl sites for hydroxylation is 1. The Morgan fingerprint density at radius 3 is 2.54 bits per heavy atom. The molecule has 1 amide bonds. The molecule has 2 aromatic heterocycles. The Bertz CT molecular complexity index is 1070. The molecular formula is C21H17N5O2. The van der Waals surface area contributed by atoms with Gasteiger partial charge in [-0.15, -0.1) is 0 Å². The molecular weight excluding hydrogens is 354 g/mol. The summed E-state index contributed by atoms with van der Waals surface area (Å²) in [4.78, 5) is 24.6. The Labute approximate surface area is 161 Å². The van der Waals surface area contributed by atoms with Crippen molar-refractivity contribution in [2.24, 2.45) is 0 Å². The molecule has 138 valence electrons. The summed E-state index contributed by atoms with van der Waals surface area (Å²) >= 11 is 0. The fourth-order valence-corrected chi connectivity index (χ4v) is 2.56. The number of nitrogens with zero attached hydrogens (tertiary/aromatic N) is 4. The highest BCUT2D eigenvalue weighted by Crippen LogP contribution is 2.22. The average molecular weight is 371 g/mol. The number of carbonyl (C=O) groups is 1. The molecule has 0 fully saturated rings. The third-order valence-electron chi connectivity index (χ3n) is 4.04. The summed E-state index contributed by atoms with van der Waals surface area (Å²) in [7, 11) is 0. The summed E-state index contributed by atoms with van der Waals surface area (Å²) in [6.45, 7) is 1.98. The molecule has 2 heterocycles. The molecule has 7 heteroatoms. The van der Waals surface area contributed by atoms with Crippen LogP contribution in [0.15, 0.2) is 79.6 Å². The van der Waals surface area contributed by atoms with Crippen molar-refractivity contribution in [3.05, 3.63) is 90.8 Å². The molecule has 0 radical (unpaired) electrons. The Morgan fingerprint density at radius 1 is 1.04 bits per heavy atom. The van der Waals surface area contributed by atoms with E-state index in [2.05, 4.69) is 20.3 Å². The summed E-state index contributed by atoms with van der Waals surface area (Å²) in [5.41, 5.74) is 2.40. The van der Waals surface area contributed by atoms with E-state index in [0.717, 1.165) is 5.56 Å². The van der Waals surface area contributed by atoms with E-state index < -0.39 is 0 Å². The van der Waals surface area contributed by atoms with Crippen LogP contribution in [0, 0.1) is 6.92 Å². The Morgan fingerprint density at radius 2 is 1.82 bits per heavy atom. The minimum Gasteiger partial charge on any atom is -0.439 e. The van der Waals surface area contributed by atoms with Crippen LogP contribution < -0.4 is 10.1 Å². The van der Waals surface area contributed by atoms with Crippen molar-refractivity contribution in [3.63, 3.8) is 0 Å². The molecule has 0 saturated heterocycles. The Balaban J connectivity index is 1.43. The van der Waals surface area contributed by atoms with Gasteiger partial charge >= 0.3 is 0 Å². The van der Waals surface area contributed by atoms with Crippen molar-refractivity contribution in [1.82, 2.24) is 19.5 Å². The third-order valence-corrected chi connectivity index (χ3v) is 4.04. The zero-order valence-corrected chi connectivity index (χ0v) is 15.1. The maximum atomic E-state index is 12.3. The molecule has 4 rings (SSSR count). The van der Waals surface area contributed by atoms with Crippen LogP contribution in [0.2, 0.25) is 0 Å². The topological polar surface area (TPSA) is 81.9 Å². The summed E-state index contributed by atoms with van der Waals surface area (Å²) in [5, 5.41) is 2.87. The highest BCUT2D eigenvalue weighted by molar-refractivity contribution is 6.04. The van der Waals surface area contributed by atoms with Gasteiger partial charge in [0.25, 0.3) is 5.91 Å². The SMILES string of the molecule is Cc1ccc(C(=O)Nc2ccc(Oc3cc(-n4ccnc4)ncn3)cc2)cc1. The summed E-state index contributed by atoms with van der Waals surface area (Å²) in [5.74, 6) is 1.51. The van der Waals surface area contributed by atoms with Crippen LogP contribution in [-0.2, 0) is 0 Å². The van der Waals surface area contributed by atoms with Crippen LogP contribution >= 0.6 is 0 Å². The van der Waals surface area contributed by atoms with Gasteiger partial charge in [-0.3, -0.25) is 9.36 Å². The first kappa shape index (κ1) is 17.4. The molecule has 0 aliphatic carbocycles. The van der Waals surface area contributed by atoms with Crippen molar-refractivity contribution in [2.75, 3.05) is 5.32 Å². The van der Waals surface area contributed by atoms with E-state index in [1.165, 1.54) is 6.33 Å². The number of hydrogen-bond acceptors (Lipinski definition) is 5. The fraction of sp³-hybridized carbons (Fsp3) is 0.0476. The summed E-state index contributed by atoms with van der Waals surface area (Å²) < 4.78 is 7.54. The largest absolute Gasteiger partial charge is 0.439 e. The van der Waals surface area contributed by atoms with E-state index in [-0.39, 0.29) is 5.91 Å². The number of imidazole rings is 1. The monoisotopic (exact) mass is 371 g/mol. The van der Waals surface area contributed by atoms with E-state index in [0.29, 0.717) is 28.7 Å². The van der Waals surface area contributed by atoms with Crippen LogP contribution in [0.3, 0.4) is 0 Å². The van der Waals surface area contributed by atoms with Gasteiger partial charge in [0, 0.05) is 29.7 Å². The van der Waals surface area contributed by atoms with Gasteiger partial charge in [-0.25, -0.2) is 15.0 Å². The van der Waals surface area contributed by atoms with Gasteiger partial charge < -0.3 is 10.1 Å². The second-order valence-electron chi connectivity index (χ2n) is 6.13. The van der Waals surface area contributed by atoms with Crippen molar-refractivity contribution >= 4 is 11.6 Å². The highest BCUT2D eigenvalue weighted by Gasteiger charge is 2.07. The number of anilines is 1. The lowest BCUT2D eigenvalue weighted by Gasteiger charge is -2.08. The minimum atomic E-state index is -0.158. The lowest BCUT2D eigenvalue weighted by atomic mass is 10.1. The Hall–Kier alpha value is -4.00. The van der Waals surface area contributed by atoms with Gasteiger partial charge in [0.15, 0.2) is 0 Å². The van der Waals surface area contributed by atoms with E-state index in [1.54, 1.807) is 65.8 Å². The number of amides is 1. The lowest BCUT2D eigenvalue weighted by Crippen LogP contribution is -2.11. The summed E-state index contributed by atoms with van der Waals surface area (Å²) in [6, 6.07) is 16.2. The van der Waals surface area contributed by atoms with Gasteiger partial charge in [0.1, 0.15) is 24.2 Å². The third kappa shape index (κ3) is 4.04. The fourth-order valence-electron chi connectivity index (χ4n) is 2.56. The van der Waals surface area contributed by atoms with Crippen LogP contribution in [0.25, 0.3) is 5.82 Å². The number of nitrogens with one attached hydrogen (secondary N) is 1. The molecule has 0 spiro atoms. The summed E-state index contributed by atoms with van der Waals surface area (Å²) in [6.07, 6.45) is 6.54. The van der Waals surface area contributed by atoms with E-state index >= 15 is 0 Å². The number of rotatable bonds is 5. The average Bonchev–Trinajstić information content (AvgIpc) is 3.25. The van der Waals surface area contributed by atoms with Crippen LogP contribution in [0.1, 0.15) is 15.9 Å². The van der Waals surface area contributed by atoms with Gasteiger partial charge in [0.05, 0.1) is 0 Å². The maximum Gasteiger partial charge on any atom is 0.255 e. The first-order valence-corrected chi connectivity index (χ1v) is 8.64. The number of carbonyl (C=O) groups excluding carboxylic acids is 1. The number of hydrogen-bond donors (Lipinski definition) is 1. The molecule has 0 aliphatic heterocycles. The molecule has 4 aromatic rings. The molecule has 7 nitrogen and oxygen atoms in total. The first-order chi connectivity index (χ1) is 13.7. The zero-order valence-electron chi connectivity index (χ0n) is 15.1. The van der Waals surface area contributed by atoms with E-state index in [1.807, 2.05) is 19.1 Å². The van der Waals surface area contributed by atoms with Crippen LogP contribution in [-0.4, -0.2) is 25.4 Å². The molecule has 1 N–H and O–H groups in total. The highest BCUT2D eigenvalue weighted by atomic mass is 16.5. The maximum absolute atomic E-state index is 12.3. The molecule has 0 bridgehead atoms. The molecule has 0 atom stereocenters. The number of ether oxygens (including phenoxy) is 1. The lowest BCUT2D eigenvalue weighted by molar-refractivity contribution is 0.102. The van der Waals surface area contributed by atoms with E-state index in [9.17, 15) is 4.79 Å². The number of aromatic nitrogens is 4. The van der Waals surface area contributed by atoms with Gasteiger partial charge in [-0.1, -0.05) is 17.7 Å². The minimum absolute atomic E-state index is 0.158. The molecule has 28 heavy (non-hydrogen) atoms. The van der Waals surface area contributed by atoms with Crippen molar-refractivity contribution in [1.29, 1.82) is 0 Å². The van der Waals surface area contributed by atoms with Crippen LogP contribution in [0.4, 0.5) is 5.69 Å². The molecule has 0 unspecified atom stereocenters. The smallest absolute Gasteiger partial charge is 0.255 e. The Kier molecular flexibility index (Phi) is 4.79. The van der Waals surface area contributed by atoms with Crippen molar-refractivity contribution < 1.29 is 9.53 Å². The standard InChI is InChI=1S/C21H17N5O2/c1-15-2-4-16(5-3-15)21(27)25-17-6-8-18(9-7-17)28-20-12-19(23-13-24-20)26-11-10-22-14-26/h2-14H,1H3,(H,25,27). The predicted molar refractivity (Wildman–Crippen MR) is 105 cm³/mol. The normalized spacial score (nSPS) is 10.5. The first-order valence-electron chi connectivity index (χ1n) is 8.64. The van der Waals surface area contributed by atoms with Crippen LogP contribution in [0.5, 0.6) is 11.6 Å². The van der Waals surface area contributed by atoms with Gasteiger partial charge in [-0.2, -0.15) is 0 Å². The van der Waals surface area contributed by atoms with Gasteiger partial charge in [-0.05, 0) is 43.3 Å². The quantitative estimate of drug-likeness (QED) is 0.573. The van der Waals surface area contributed by atoms with Crippen molar-refractivity contribution in [3.8, 4) is 17.4 Å². The molecule has 0 aliphatic rings. The second kappa shape index (κ2) is 7.71.